The zero-order chi connectivity index (χ0) is 16.8. The monoisotopic (exact) mass is 310 g/mol. The number of carbonyl (C=O) groups is 1. The van der Waals surface area contributed by atoms with Crippen molar-refractivity contribution in [3.8, 4) is 0 Å². The number of alkyl carbamates (subject to hydrolysis) is 1. The highest BCUT2D eigenvalue weighted by Crippen LogP contribution is 2.62. The smallest absolute Gasteiger partial charge is 0.407 e. The second-order valence-electron chi connectivity index (χ2n) is 9.24. The van der Waals surface area contributed by atoms with Gasteiger partial charge in [-0.1, -0.05) is 27.7 Å². The Morgan fingerprint density at radius 3 is 1.82 bits per heavy atom. The van der Waals surface area contributed by atoms with Gasteiger partial charge in [0.2, 0.25) is 0 Å². The molecule has 22 heavy (non-hydrogen) atoms. The first-order valence-electron chi connectivity index (χ1n) is 8.69. The van der Waals surface area contributed by atoms with Gasteiger partial charge in [-0.25, -0.2) is 4.79 Å². The van der Waals surface area contributed by atoms with Gasteiger partial charge in [0, 0.05) is 18.1 Å². The third-order valence-corrected chi connectivity index (χ3v) is 5.87. The third-order valence-electron chi connectivity index (χ3n) is 5.87. The zero-order valence-corrected chi connectivity index (χ0v) is 15.4. The summed E-state index contributed by atoms with van der Waals surface area (Å²) in [7, 11) is 0. The van der Waals surface area contributed by atoms with Crippen LogP contribution in [0.3, 0.4) is 0 Å². The molecule has 0 aliphatic heterocycles. The molecule has 0 atom stereocenters. The summed E-state index contributed by atoms with van der Waals surface area (Å²) in [6, 6.07) is 1.45. The fraction of sp³-hybridized carbons (Fsp3) is 0.944. The summed E-state index contributed by atoms with van der Waals surface area (Å²) in [4.78, 5) is 11.8. The SMILES string of the molecule is CC(C)(C)OC(=O)NC1CCC(NC2C(C)(C)C2(C)C)CC1. The fourth-order valence-electron chi connectivity index (χ4n) is 3.73. The molecule has 4 nitrogen and oxygen atoms in total. The van der Waals surface area contributed by atoms with E-state index >= 15 is 0 Å². The van der Waals surface area contributed by atoms with Crippen LogP contribution in [-0.2, 0) is 4.74 Å². The molecule has 2 aliphatic rings. The molecule has 4 heteroatoms. The van der Waals surface area contributed by atoms with Crippen LogP contribution < -0.4 is 10.6 Å². The number of hydrogen-bond acceptors (Lipinski definition) is 3. The van der Waals surface area contributed by atoms with Crippen LogP contribution in [0, 0.1) is 10.8 Å². The van der Waals surface area contributed by atoms with E-state index in [2.05, 4.69) is 38.3 Å². The lowest BCUT2D eigenvalue weighted by atomic mass is 9.91. The maximum absolute atomic E-state index is 11.8. The predicted molar refractivity (Wildman–Crippen MR) is 89.9 cm³/mol. The normalized spacial score (nSPS) is 30.7. The van der Waals surface area contributed by atoms with E-state index in [9.17, 15) is 4.79 Å². The van der Waals surface area contributed by atoms with Crippen LogP contribution in [0.4, 0.5) is 4.79 Å². The van der Waals surface area contributed by atoms with E-state index in [-0.39, 0.29) is 12.1 Å². The molecule has 0 bridgehead atoms. The molecule has 0 aromatic heterocycles. The summed E-state index contributed by atoms with van der Waals surface area (Å²) in [5.74, 6) is 0. The van der Waals surface area contributed by atoms with E-state index in [0.717, 1.165) is 25.7 Å². The molecular formula is C18H34N2O2. The molecule has 1 amide bonds. The van der Waals surface area contributed by atoms with Crippen LogP contribution in [0.2, 0.25) is 0 Å². The quantitative estimate of drug-likeness (QED) is 0.832. The topological polar surface area (TPSA) is 50.4 Å². The van der Waals surface area contributed by atoms with Crippen molar-refractivity contribution in [2.75, 3.05) is 0 Å². The van der Waals surface area contributed by atoms with Crippen molar-refractivity contribution >= 4 is 6.09 Å². The Bertz CT molecular complexity index is 401. The van der Waals surface area contributed by atoms with E-state index < -0.39 is 5.60 Å². The van der Waals surface area contributed by atoms with Gasteiger partial charge in [0.1, 0.15) is 5.60 Å². The van der Waals surface area contributed by atoms with Gasteiger partial charge < -0.3 is 15.4 Å². The zero-order valence-electron chi connectivity index (χ0n) is 15.4. The van der Waals surface area contributed by atoms with Crippen molar-refractivity contribution in [2.24, 2.45) is 10.8 Å². The molecule has 0 radical (unpaired) electrons. The van der Waals surface area contributed by atoms with E-state index in [0.29, 0.717) is 22.9 Å². The number of nitrogens with one attached hydrogen (secondary N) is 2. The van der Waals surface area contributed by atoms with Crippen LogP contribution in [-0.4, -0.2) is 29.8 Å². The first-order chi connectivity index (χ1) is 9.93. The van der Waals surface area contributed by atoms with Crippen LogP contribution in [0.25, 0.3) is 0 Å². The van der Waals surface area contributed by atoms with Crippen molar-refractivity contribution in [1.29, 1.82) is 0 Å². The molecule has 0 aromatic carbocycles. The van der Waals surface area contributed by atoms with Crippen LogP contribution in [0.1, 0.15) is 74.1 Å². The molecule has 2 N–H and O–H groups in total. The average molecular weight is 310 g/mol. The van der Waals surface area contributed by atoms with E-state index in [1.807, 2.05) is 20.8 Å². The predicted octanol–water partition coefficient (Wildman–Crippen LogP) is 3.85. The maximum atomic E-state index is 11.8. The molecular weight excluding hydrogens is 276 g/mol. The van der Waals surface area contributed by atoms with Crippen LogP contribution in [0.15, 0.2) is 0 Å². The van der Waals surface area contributed by atoms with Gasteiger partial charge in [-0.15, -0.1) is 0 Å². The Hall–Kier alpha value is -0.770. The highest BCUT2D eigenvalue weighted by Gasteiger charge is 2.64. The molecule has 0 heterocycles. The Labute approximate surface area is 135 Å². The van der Waals surface area contributed by atoms with Gasteiger partial charge in [0.05, 0.1) is 0 Å². The Morgan fingerprint density at radius 2 is 1.41 bits per heavy atom. The molecule has 2 rings (SSSR count). The summed E-state index contributed by atoms with van der Waals surface area (Å²) in [5, 5.41) is 6.85. The van der Waals surface area contributed by atoms with Gasteiger partial charge in [-0.3, -0.25) is 0 Å². The lowest BCUT2D eigenvalue weighted by Crippen LogP contribution is -2.45. The van der Waals surface area contributed by atoms with Crippen molar-refractivity contribution in [3.05, 3.63) is 0 Å². The van der Waals surface area contributed by atoms with E-state index in [1.54, 1.807) is 0 Å². The van der Waals surface area contributed by atoms with Crippen molar-refractivity contribution in [3.63, 3.8) is 0 Å². The summed E-state index contributed by atoms with van der Waals surface area (Å²) >= 11 is 0. The second-order valence-corrected chi connectivity index (χ2v) is 9.24. The summed E-state index contributed by atoms with van der Waals surface area (Å²) < 4.78 is 5.33. The Kier molecular flexibility index (Phi) is 4.55. The van der Waals surface area contributed by atoms with Gasteiger partial charge in [0.15, 0.2) is 0 Å². The standard InChI is InChI=1S/C18H34N2O2/c1-16(2,3)22-15(21)20-13-10-8-12(9-11-13)19-14-17(4,5)18(14,6)7/h12-14,19H,8-11H2,1-7H3,(H,20,21). The number of ether oxygens (including phenoxy) is 1. The molecule has 0 unspecified atom stereocenters. The van der Waals surface area contributed by atoms with Crippen LogP contribution >= 0.6 is 0 Å². The molecule has 2 fully saturated rings. The van der Waals surface area contributed by atoms with Crippen molar-refractivity contribution < 1.29 is 9.53 Å². The lowest BCUT2D eigenvalue weighted by Gasteiger charge is -2.31. The molecule has 128 valence electrons. The van der Waals surface area contributed by atoms with E-state index in [4.69, 9.17) is 4.74 Å². The fourth-order valence-corrected chi connectivity index (χ4v) is 3.73. The first kappa shape index (κ1) is 17.6. The van der Waals surface area contributed by atoms with Gasteiger partial charge >= 0.3 is 6.09 Å². The number of amides is 1. The molecule has 2 saturated carbocycles. The number of hydrogen-bond donors (Lipinski definition) is 2. The minimum Gasteiger partial charge on any atom is -0.444 e. The lowest BCUT2D eigenvalue weighted by molar-refractivity contribution is 0.0489. The van der Waals surface area contributed by atoms with Crippen LogP contribution in [0.5, 0.6) is 0 Å². The highest BCUT2D eigenvalue weighted by atomic mass is 16.6. The average Bonchev–Trinajstić information content (AvgIpc) is 2.71. The molecule has 0 spiro atoms. The largest absolute Gasteiger partial charge is 0.444 e. The highest BCUT2D eigenvalue weighted by molar-refractivity contribution is 5.68. The minimum atomic E-state index is -0.425. The number of carbonyl (C=O) groups excluding carboxylic acids is 1. The first-order valence-corrected chi connectivity index (χ1v) is 8.69. The van der Waals surface area contributed by atoms with Gasteiger partial charge in [0.25, 0.3) is 0 Å². The summed E-state index contributed by atoms with van der Waals surface area (Å²) in [6.07, 6.45) is 4.04. The van der Waals surface area contributed by atoms with E-state index in [1.165, 1.54) is 0 Å². The molecule has 0 saturated heterocycles. The maximum Gasteiger partial charge on any atom is 0.407 e. The second kappa shape index (κ2) is 5.70. The van der Waals surface area contributed by atoms with Gasteiger partial charge in [-0.05, 0) is 57.3 Å². The Morgan fingerprint density at radius 1 is 0.955 bits per heavy atom. The molecule has 0 aromatic rings. The van der Waals surface area contributed by atoms with Crippen molar-refractivity contribution in [1.82, 2.24) is 10.6 Å². The van der Waals surface area contributed by atoms with Gasteiger partial charge in [-0.2, -0.15) is 0 Å². The summed E-state index contributed by atoms with van der Waals surface area (Å²) in [5.41, 5.74) is 0.350. The van der Waals surface area contributed by atoms with Crippen molar-refractivity contribution in [2.45, 2.75) is 97.9 Å². The number of rotatable bonds is 3. The third kappa shape index (κ3) is 3.76. The Balaban J connectivity index is 1.72. The minimum absolute atomic E-state index is 0.258. The summed E-state index contributed by atoms with van der Waals surface area (Å²) in [6.45, 7) is 15.1. The molecule has 2 aliphatic carbocycles.